The van der Waals surface area contributed by atoms with Gasteiger partial charge in [-0.05, 0) is 44.4 Å². The van der Waals surface area contributed by atoms with Gasteiger partial charge in [-0.2, -0.15) is 0 Å². The fourth-order valence-corrected chi connectivity index (χ4v) is 1.72. The van der Waals surface area contributed by atoms with Crippen LogP contribution in [0.5, 0.6) is 5.75 Å². The minimum absolute atomic E-state index is 0.183. The van der Waals surface area contributed by atoms with Crippen molar-refractivity contribution in [1.29, 1.82) is 0 Å². The molecule has 1 fully saturated rings. The highest BCUT2D eigenvalue weighted by Crippen LogP contribution is 2.21. The van der Waals surface area contributed by atoms with Crippen LogP contribution in [0, 0.1) is 0 Å². The zero-order valence-electron chi connectivity index (χ0n) is 10.5. The van der Waals surface area contributed by atoms with Crippen molar-refractivity contribution < 1.29 is 9.84 Å². The second kappa shape index (κ2) is 5.52. The molecule has 1 unspecified atom stereocenters. The summed E-state index contributed by atoms with van der Waals surface area (Å²) in [4.78, 5) is 0. The Hall–Kier alpha value is -1.06. The van der Waals surface area contributed by atoms with Crippen LogP contribution >= 0.6 is 0 Å². The van der Waals surface area contributed by atoms with Crippen LogP contribution in [0.4, 0.5) is 0 Å². The van der Waals surface area contributed by atoms with Crippen molar-refractivity contribution in [3.8, 4) is 5.75 Å². The molecule has 0 radical (unpaired) electrons. The first kappa shape index (κ1) is 12.4. The maximum Gasteiger partial charge on any atom is 0.119 e. The van der Waals surface area contributed by atoms with Gasteiger partial charge in [0.2, 0.25) is 0 Å². The van der Waals surface area contributed by atoms with Crippen LogP contribution in [0.15, 0.2) is 24.3 Å². The van der Waals surface area contributed by atoms with Crippen LogP contribution in [-0.2, 0) is 0 Å². The lowest BCUT2D eigenvalue weighted by molar-refractivity contribution is 0.174. The van der Waals surface area contributed by atoms with Gasteiger partial charge in [0.15, 0.2) is 0 Å². The Morgan fingerprint density at radius 1 is 1.29 bits per heavy atom. The number of hydrogen-bond donors (Lipinski definition) is 2. The van der Waals surface area contributed by atoms with Gasteiger partial charge in [0, 0.05) is 12.6 Å². The molecule has 0 spiro atoms. The molecular formula is C14H21NO2. The molecule has 0 saturated heterocycles. The predicted molar refractivity (Wildman–Crippen MR) is 68.2 cm³/mol. The number of hydrogen-bond acceptors (Lipinski definition) is 3. The first-order chi connectivity index (χ1) is 8.15. The summed E-state index contributed by atoms with van der Waals surface area (Å²) in [5, 5.41) is 13.3. The van der Waals surface area contributed by atoms with Crippen molar-refractivity contribution in [3.63, 3.8) is 0 Å². The molecule has 2 N–H and O–H groups in total. The molecular weight excluding hydrogens is 214 g/mol. The summed E-state index contributed by atoms with van der Waals surface area (Å²) < 4.78 is 5.56. The van der Waals surface area contributed by atoms with Crippen LogP contribution in [0.3, 0.4) is 0 Å². The van der Waals surface area contributed by atoms with Gasteiger partial charge < -0.3 is 15.2 Å². The number of nitrogens with one attached hydrogen (secondary N) is 1. The van der Waals surface area contributed by atoms with Gasteiger partial charge >= 0.3 is 0 Å². The van der Waals surface area contributed by atoms with E-state index in [0.717, 1.165) is 11.3 Å². The molecule has 3 heteroatoms. The van der Waals surface area contributed by atoms with E-state index in [0.29, 0.717) is 12.6 Å². The van der Waals surface area contributed by atoms with Gasteiger partial charge in [-0.3, -0.25) is 0 Å². The third-order valence-corrected chi connectivity index (χ3v) is 2.81. The molecule has 1 aromatic rings. The number of ether oxygens (including phenoxy) is 1. The van der Waals surface area contributed by atoms with Gasteiger partial charge in [0.25, 0.3) is 0 Å². The molecule has 1 saturated carbocycles. The van der Waals surface area contributed by atoms with E-state index < -0.39 is 6.10 Å². The highest BCUT2D eigenvalue weighted by Gasteiger charge is 2.21. The van der Waals surface area contributed by atoms with Gasteiger partial charge in [-0.1, -0.05) is 12.1 Å². The van der Waals surface area contributed by atoms with E-state index in [1.54, 1.807) is 0 Å². The van der Waals surface area contributed by atoms with Crippen molar-refractivity contribution in [3.05, 3.63) is 29.8 Å². The average molecular weight is 235 g/mol. The number of aliphatic hydroxyl groups excluding tert-OH is 1. The molecule has 1 atom stereocenters. The minimum Gasteiger partial charge on any atom is -0.491 e. The summed E-state index contributed by atoms with van der Waals surface area (Å²) in [5.74, 6) is 0.853. The van der Waals surface area contributed by atoms with Crippen LogP contribution < -0.4 is 10.1 Å². The third-order valence-electron chi connectivity index (χ3n) is 2.81. The molecule has 1 aliphatic carbocycles. The lowest BCUT2D eigenvalue weighted by Gasteiger charge is -2.14. The molecule has 3 nitrogen and oxygen atoms in total. The fraction of sp³-hybridized carbons (Fsp3) is 0.571. The number of aliphatic hydroxyl groups is 1. The van der Waals surface area contributed by atoms with Crippen molar-refractivity contribution in [1.82, 2.24) is 5.32 Å². The van der Waals surface area contributed by atoms with Crippen molar-refractivity contribution >= 4 is 0 Å². The molecule has 0 amide bonds. The van der Waals surface area contributed by atoms with E-state index >= 15 is 0 Å². The Balaban J connectivity index is 1.86. The lowest BCUT2D eigenvalue weighted by atomic mass is 10.1. The summed E-state index contributed by atoms with van der Waals surface area (Å²) in [6, 6.07) is 8.31. The number of rotatable bonds is 6. The third kappa shape index (κ3) is 4.02. The molecule has 94 valence electrons. The first-order valence-electron chi connectivity index (χ1n) is 6.33. The molecule has 0 heterocycles. The Morgan fingerprint density at radius 2 is 1.94 bits per heavy atom. The number of benzene rings is 1. The summed E-state index contributed by atoms with van der Waals surface area (Å²) in [7, 11) is 0. The van der Waals surface area contributed by atoms with Crippen molar-refractivity contribution in [2.45, 2.75) is 44.9 Å². The van der Waals surface area contributed by atoms with E-state index in [-0.39, 0.29) is 6.10 Å². The standard InChI is InChI=1S/C14H21NO2/c1-10(2)17-13-7-3-11(4-8-13)14(16)9-15-12-5-6-12/h3-4,7-8,10,12,14-16H,5-6,9H2,1-2H3. The summed E-state index contributed by atoms with van der Waals surface area (Å²) >= 11 is 0. The molecule has 2 rings (SSSR count). The van der Waals surface area contributed by atoms with E-state index in [2.05, 4.69) is 5.32 Å². The highest BCUT2D eigenvalue weighted by atomic mass is 16.5. The van der Waals surface area contributed by atoms with Gasteiger partial charge in [-0.15, -0.1) is 0 Å². The normalized spacial score (nSPS) is 17.2. The largest absolute Gasteiger partial charge is 0.491 e. The second-order valence-electron chi connectivity index (χ2n) is 4.93. The van der Waals surface area contributed by atoms with Crippen molar-refractivity contribution in [2.75, 3.05) is 6.54 Å². The Morgan fingerprint density at radius 3 is 2.47 bits per heavy atom. The molecule has 0 aromatic heterocycles. The lowest BCUT2D eigenvalue weighted by Crippen LogP contribution is -2.23. The Labute approximate surface area is 103 Å². The zero-order valence-corrected chi connectivity index (χ0v) is 10.5. The predicted octanol–water partition coefficient (Wildman–Crippen LogP) is 2.26. The van der Waals surface area contributed by atoms with Crippen LogP contribution in [-0.4, -0.2) is 23.8 Å². The van der Waals surface area contributed by atoms with Gasteiger partial charge in [-0.25, -0.2) is 0 Å². The van der Waals surface area contributed by atoms with Crippen LogP contribution in [0.25, 0.3) is 0 Å². The quantitative estimate of drug-likeness (QED) is 0.794. The van der Waals surface area contributed by atoms with E-state index in [1.807, 2.05) is 38.1 Å². The van der Waals surface area contributed by atoms with Gasteiger partial charge in [0.1, 0.15) is 5.75 Å². The van der Waals surface area contributed by atoms with Crippen LogP contribution in [0.1, 0.15) is 38.4 Å². The Kier molecular flexibility index (Phi) is 4.02. The average Bonchev–Trinajstić information content (AvgIpc) is 3.10. The fourth-order valence-electron chi connectivity index (χ4n) is 1.72. The monoisotopic (exact) mass is 235 g/mol. The van der Waals surface area contributed by atoms with E-state index in [9.17, 15) is 5.11 Å². The summed E-state index contributed by atoms with van der Waals surface area (Å²) in [6.07, 6.45) is 2.24. The smallest absolute Gasteiger partial charge is 0.119 e. The molecule has 0 aliphatic heterocycles. The summed E-state index contributed by atoms with van der Waals surface area (Å²) in [6.45, 7) is 4.64. The molecule has 17 heavy (non-hydrogen) atoms. The molecule has 0 bridgehead atoms. The maximum atomic E-state index is 9.97. The summed E-state index contributed by atoms with van der Waals surface area (Å²) in [5.41, 5.74) is 0.939. The SMILES string of the molecule is CC(C)Oc1ccc(C(O)CNC2CC2)cc1. The molecule has 1 aliphatic rings. The zero-order chi connectivity index (χ0) is 12.3. The van der Waals surface area contributed by atoms with E-state index in [1.165, 1.54) is 12.8 Å². The second-order valence-corrected chi connectivity index (χ2v) is 4.93. The maximum absolute atomic E-state index is 9.97. The van der Waals surface area contributed by atoms with Gasteiger partial charge in [0.05, 0.1) is 12.2 Å². The van der Waals surface area contributed by atoms with Crippen LogP contribution in [0.2, 0.25) is 0 Å². The Bertz CT molecular complexity index is 344. The minimum atomic E-state index is -0.427. The highest BCUT2D eigenvalue weighted by molar-refractivity contribution is 5.28. The van der Waals surface area contributed by atoms with E-state index in [4.69, 9.17) is 4.74 Å². The molecule has 1 aromatic carbocycles. The topological polar surface area (TPSA) is 41.5 Å². The van der Waals surface area contributed by atoms with Crippen molar-refractivity contribution in [2.24, 2.45) is 0 Å². The first-order valence-corrected chi connectivity index (χ1v) is 6.33.